The maximum atomic E-state index is 13.1. The van der Waals surface area contributed by atoms with E-state index in [-0.39, 0.29) is 12.1 Å². The summed E-state index contributed by atoms with van der Waals surface area (Å²) in [7, 11) is 0. The van der Waals surface area contributed by atoms with Gasteiger partial charge in [-0.3, -0.25) is 19.0 Å². The van der Waals surface area contributed by atoms with E-state index in [1.165, 1.54) is 6.20 Å². The van der Waals surface area contributed by atoms with E-state index in [9.17, 15) is 14.4 Å². The number of rotatable bonds is 7. The van der Waals surface area contributed by atoms with Crippen molar-refractivity contribution in [1.29, 1.82) is 0 Å². The van der Waals surface area contributed by atoms with Gasteiger partial charge in [0.05, 0.1) is 6.20 Å². The van der Waals surface area contributed by atoms with Crippen LogP contribution in [0.25, 0.3) is 16.7 Å². The third-order valence-electron chi connectivity index (χ3n) is 5.07. The molecule has 0 saturated carbocycles. The lowest BCUT2D eigenvalue weighted by Gasteiger charge is -2.17. The molecule has 0 aliphatic carbocycles. The van der Waals surface area contributed by atoms with Crippen molar-refractivity contribution in [2.75, 3.05) is 0 Å². The third kappa shape index (κ3) is 4.09. The van der Waals surface area contributed by atoms with Gasteiger partial charge in [-0.2, -0.15) is 0 Å². The Labute approximate surface area is 178 Å². The highest BCUT2D eigenvalue weighted by atomic mass is 16.2. The Hall–Kier alpha value is -4.20. The Morgan fingerprint density at radius 3 is 2.52 bits per heavy atom. The number of hydrogen-bond acceptors (Lipinski definition) is 4. The number of imidazole rings is 1. The second-order valence-electron chi connectivity index (χ2n) is 7.21. The highest BCUT2D eigenvalue weighted by molar-refractivity contribution is 6.38. The van der Waals surface area contributed by atoms with Gasteiger partial charge < -0.3 is 16.0 Å². The van der Waals surface area contributed by atoms with Gasteiger partial charge in [-0.25, -0.2) is 4.98 Å². The molecule has 8 heteroatoms. The van der Waals surface area contributed by atoms with Gasteiger partial charge in [0.25, 0.3) is 11.8 Å². The van der Waals surface area contributed by atoms with Crippen molar-refractivity contribution in [1.82, 2.24) is 19.9 Å². The van der Waals surface area contributed by atoms with Crippen molar-refractivity contribution < 1.29 is 14.4 Å². The molecule has 2 heterocycles. The number of hydrogen-bond donors (Lipinski definition) is 3. The molecule has 4 rings (SSSR count). The fourth-order valence-electron chi connectivity index (χ4n) is 3.55. The number of benzene rings is 2. The molecule has 0 radical (unpaired) electrons. The third-order valence-corrected chi connectivity index (χ3v) is 5.07. The Morgan fingerprint density at radius 1 is 1.10 bits per heavy atom. The minimum Gasteiger partial charge on any atom is -0.363 e. The molecule has 31 heavy (non-hydrogen) atoms. The fourth-order valence-corrected chi connectivity index (χ4v) is 3.55. The zero-order valence-corrected chi connectivity index (χ0v) is 16.8. The minimum absolute atomic E-state index is 0.147. The maximum absolute atomic E-state index is 13.1. The molecule has 2 amide bonds. The predicted octanol–water partition coefficient (Wildman–Crippen LogP) is 2.06. The molecule has 0 saturated heterocycles. The number of aryl methyl sites for hydroxylation is 1. The summed E-state index contributed by atoms with van der Waals surface area (Å²) >= 11 is 0. The van der Waals surface area contributed by atoms with Crippen molar-refractivity contribution in [3.63, 3.8) is 0 Å². The Balaban J connectivity index is 1.65. The number of H-pyrrole nitrogens is 1. The zero-order valence-electron chi connectivity index (χ0n) is 16.8. The molecule has 2 aromatic carbocycles. The number of carbonyl (C=O) groups excluding carboxylic acids is 3. The Bertz CT molecular complexity index is 1240. The van der Waals surface area contributed by atoms with Gasteiger partial charge >= 0.3 is 0 Å². The number of primary amides is 1. The zero-order chi connectivity index (χ0) is 22.0. The van der Waals surface area contributed by atoms with Crippen LogP contribution in [0.1, 0.15) is 21.9 Å². The average molecular weight is 415 g/mol. The molecule has 0 bridgehead atoms. The smallest absolute Gasteiger partial charge is 0.287 e. The van der Waals surface area contributed by atoms with Crippen LogP contribution in [0.5, 0.6) is 0 Å². The molecule has 1 atom stereocenters. The van der Waals surface area contributed by atoms with Crippen LogP contribution < -0.4 is 11.1 Å². The first-order chi connectivity index (χ1) is 14.9. The number of ketones is 1. The number of carbonyl (C=O) groups is 3. The van der Waals surface area contributed by atoms with Crippen LogP contribution in [-0.4, -0.2) is 38.2 Å². The van der Waals surface area contributed by atoms with Crippen LogP contribution in [0.3, 0.4) is 0 Å². The van der Waals surface area contributed by atoms with Gasteiger partial charge in [0.2, 0.25) is 5.78 Å². The molecule has 4 N–H and O–H groups in total. The summed E-state index contributed by atoms with van der Waals surface area (Å²) in [5.74, 6) is -1.22. The second-order valence-corrected chi connectivity index (χ2v) is 7.21. The summed E-state index contributed by atoms with van der Waals surface area (Å²) in [6.45, 7) is 1.78. The summed E-state index contributed by atoms with van der Waals surface area (Å²) in [5, 5.41) is 3.64. The van der Waals surface area contributed by atoms with E-state index < -0.39 is 23.6 Å². The number of aromatic amines is 1. The molecule has 2 aromatic heterocycles. The molecular formula is C23H21N5O3. The van der Waals surface area contributed by atoms with Crippen LogP contribution in [0.4, 0.5) is 0 Å². The van der Waals surface area contributed by atoms with Crippen molar-refractivity contribution in [3.05, 3.63) is 83.9 Å². The van der Waals surface area contributed by atoms with E-state index in [1.807, 2.05) is 60.7 Å². The molecule has 8 nitrogen and oxygen atoms in total. The van der Waals surface area contributed by atoms with Crippen molar-refractivity contribution >= 4 is 28.5 Å². The van der Waals surface area contributed by atoms with Gasteiger partial charge in [-0.1, -0.05) is 48.5 Å². The normalized spacial score (nSPS) is 11.9. The van der Waals surface area contributed by atoms with Crippen LogP contribution >= 0.6 is 0 Å². The highest BCUT2D eigenvalue weighted by Crippen LogP contribution is 2.21. The van der Waals surface area contributed by atoms with E-state index in [4.69, 9.17) is 5.73 Å². The van der Waals surface area contributed by atoms with Gasteiger partial charge in [-0.05, 0) is 24.6 Å². The monoisotopic (exact) mass is 415 g/mol. The summed E-state index contributed by atoms with van der Waals surface area (Å²) in [5.41, 5.74) is 7.16. The van der Waals surface area contributed by atoms with Crippen molar-refractivity contribution in [2.45, 2.75) is 19.4 Å². The van der Waals surface area contributed by atoms with Gasteiger partial charge in [-0.15, -0.1) is 0 Å². The van der Waals surface area contributed by atoms with Crippen LogP contribution in [0.15, 0.2) is 66.9 Å². The lowest BCUT2D eigenvalue weighted by Crippen LogP contribution is -2.47. The van der Waals surface area contributed by atoms with Crippen LogP contribution in [0.2, 0.25) is 0 Å². The van der Waals surface area contributed by atoms with Crippen LogP contribution in [-0.2, 0) is 16.0 Å². The van der Waals surface area contributed by atoms with E-state index in [0.29, 0.717) is 11.6 Å². The van der Waals surface area contributed by atoms with E-state index in [2.05, 4.69) is 15.3 Å². The minimum atomic E-state index is -1.10. The average Bonchev–Trinajstić information content (AvgIpc) is 3.36. The summed E-state index contributed by atoms with van der Waals surface area (Å²) < 4.78 is 1.67. The number of nitrogens with one attached hydrogen (secondary N) is 2. The number of fused-ring (bicyclic) bond motifs is 1. The number of aromatic nitrogens is 3. The van der Waals surface area contributed by atoms with E-state index in [0.717, 1.165) is 16.5 Å². The Morgan fingerprint density at radius 2 is 1.81 bits per heavy atom. The van der Waals surface area contributed by atoms with Gasteiger partial charge in [0.15, 0.2) is 0 Å². The topological polar surface area (TPSA) is 123 Å². The molecule has 1 unspecified atom stereocenters. The molecule has 0 aliphatic heterocycles. The van der Waals surface area contributed by atoms with E-state index in [1.54, 1.807) is 11.5 Å². The van der Waals surface area contributed by atoms with Gasteiger partial charge in [0, 0.05) is 17.3 Å². The number of amides is 2. The number of nitrogens with zero attached hydrogens (tertiary/aromatic N) is 2. The first kappa shape index (κ1) is 20.1. The molecule has 0 fully saturated rings. The fraction of sp³-hybridized carbons (Fsp3) is 0.130. The number of Topliss-reactive ketones (excluding diaryl/α,β-unsaturated/α-hetero) is 1. The molecule has 4 aromatic rings. The molecule has 156 valence electrons. The van der Waals surface area contributed by atoms with Crippen molar-refractivity contribution in [2.24, 2.45) is 5.73 Å². The molecule has 0 spiro atoms. The lowest BCUT2D eigenvalue weighted by molar-refractivity contribution is -0.137. The first-order valence-corrected chi connectivity index (χ1v) is 9.75. The Kier molecular flexibility index (Phi) is 5.36. The summed E-state index contributed by atoms with van der Waals surface area (Å²) in [4.78, 5) is 44.5. The second kappa shape index (κ2) is 8.27. The summed E-state index contributed by atoms with van der Waals surface area (Å²) in [6, 6.07) is 17.7. The molecular weight excluding hydrogens is 394 g/mol. The first-order valence-electron chi connectivity index (χ1n) is 9.75. The maximum Gasteiger partial charge on any atom is 0.287 e. The van der Waals surface area contributed by atoms with Gasteiger partial charge in [0.1, 0.15) is 23.4 Å². The van der Waals surface area contributed by atoms with Crippen LogP contribution in [0, 0.1) is 6.92 Å². The summed E-state index contributed by atoms with van der Waals surface area (Å²) in [6.07, 6.45) is 1.58. The number of para-hydroxylation sites is 1. The largest absolute Gasteiger partial charge is 0.363 e. The van der Waals surface area contributed by atoms with E-state index >= 15 is 0 Å². The molecule has 0 aliphatic rings. The number of nitrogens with two attached hydrogens (primary N) is 1. The standard InChI is InChI=1S/C23H21N5O3/c1-14-25-13-19(28(14)20-12-16-9-5-6-10-17(16)26-20)23(31)27-18(21(29)22(24)30)11-15-7-3-2-4-8-15/h2-10,12-13,18,26H,11H2,1H3,(H2,24,30)(H,27,31). The SMILES string of the molecule is Cc1ncc(C(=O)NC(Cc2ccccc2)C(=O)C(N)=O)n1-c1cc2ccccc2[nH]1. The predicted molar refractivity (Wildman–Crippen MR) is 116 cm³/mol. The quantitative estimate of drug-likeness (QED) is 0.400. The van der Waals surface area contributed by atoms with Crippen molar-refractivity contribution in [3.8, 4) is 5.82 Å². The lowest BCUT2D eigenvalue weighted by atomic mass is 10.0. The highest BCUT2D eigenvalue weighted by Gasteiger charge is 2.27.